The number of pyridine rings is 1. The highest BCUT2D eigenvalue weighted by Crippen LogP contribution is 2.14. The molecule has 1 aromatic carbocycles. The third-order valence-electron chi connectivity index (χ3n) is 3.50. The molecule has 0 saturated carbocycles. The van der Waals surface area contributed by atoms with Crippen LogP contribution in [0.2, 0.25) is 0 Å². The highest BCUT2D eigenvalue weighted by Gasteiger charge is 2.07. The predicted octanol–water partition coefficient (Wildman–Crippen LogP) is 1.92. The van der Waals surface area contributed by atoms with Gasteiger partial charge < -0.3 is 9.73 Å². The van der Waals surface area contributed by atoms with Crippen LogP contribution in [0.25, 0.3) is 11.1 Å². The number of carbonyl (C=O) groups is 1. The first-order valence-corrected chi connectivity index (χ1v) is 6.92. The summed E-state index contributed by atoms with van der Waals surface area (Å²) in [5, 5.41) is 2.85. The molecule has 2 heterocycles. The van der Waals surface area contributed by atoms with E-state index in [0.29, 0.717) is 24.1 Å². The molecule has 1 amide bonds. The molecular weight excluding hydrogens is 318 g/mol. The summed E-state index contributed by atoms with van der Waals surface area (Å²) in [7, 11) is 1.67. The number of amides is 1. The number of aromatic nitrogens is 2. The van der Waals surface area contributed by atoms with Gasteiger partial charge in [-0.15, -0.1) is 12.4 Å². The molecule has 0 fully saturated rings. The molecule has 0 atom stereocenters. The van der Waals surface area contributed by atoms with Crippen molar-refractivity contribution in [3.05, 3.63) is 64.4 Å². The van der Waals surface area contributed by atoms with Crippen LogP contribution in [0.15, 0.2) is 51.9 Å². The Bertz CT molecular complexity index is 871. The van der Waals surface area contributed by atoms with Crippen LogP contribution >= 0.6 is 12.4 Å². The van der Waals surface area contributed by atoms with Gasteiger partial charge in [-0.2, -0.15) is 0 Å². The van der Waals surface area contributed by atoms with E-state index in [4.69, 9.17) is 4.42 Å². The second kappa shape index (κ2) is 7.11. The van der Waals surface area contributed by atoms with Gasteiger partial charge in [-0.1, -0.05) is 6.07 Å². The summed E-state index contributed by atoms with van der Waals surface area (Å²) in [5.41, 5.74) is 2.90. The van der Waals surface area contributed by atoms with Gasteiger partial charge >= 0.3 is 5.76 Å². The lowest BCUT2D eigenvalue weighted by atomic mass is 10.1. The largest absolute Gasteiger partial charge is 0.419 e. The van der Waals surface area contributed by atoms with Crippen LogP contribution in [0.4, 0.5) is 0 Å². The fourth-order valence-corrected chi connectivity index (χ4v) is 2.26. The number of hydrogen-bond acceptors (Lipinski definition) is 4. The molecule has 23 heavy (non-hydrogen) atoms. The number of aryl methyl sites for hydroxylation is 1. The first kappa shape index (κ1) is 16.8. The number of carbonyl (C=O) groups excluding carboxylic acids is 1. The molecule has 0 aliphatic carbocycles. The first-order valence-electron chi connectivity index (χ1n) is 6.92. The normalized spacial score (nSPS) is 10.3. The van der Waals surface area contributed by atoms with Gasteiger partial charge in [0.25, 0.3) is 5.91 Å². The summed E-state index contributed by atoms with van der Waals surface area (Å²) in [5.74, 6) is -0.507. The van der Waals surface area contributed by atoms with Crippen LogP contribution in [0.5, 0.6) is 0 Å². The standard InChI is InChI=1S/C16H15N3O3.ClH/c1-19-13-3-2-11(10-14(13)22-16(19)21)4-9-18-15(20)12-5-7-17-8-6-12;/h2-3,5-8,10H,4,9H2,1H3,(H,18,20);1H. The lowest BCUT2D eigenvalue weighted by Gasteiger charge is -2.05. The highest BCUT2D eigenvalue weighted by atomic mass is 35.5. The number of nitrogens with zero attached hydrogens (tertiary/aromatic N) is 2. The van der Waals surface area contributed by atoms with Crippen LogP contribution < -0.4 is 11.1 Å². The van der Waals surface area contributed by atoms with E-state index in [1.807, 2.05) is 18.2 Å². The average Bonchev–Trinajstić information content (AvgIpc) is 2.82. The Morgan fingerprint density at radius 3 is 2.74 bits per heavy atom. The quantitative estimate of drug-likeness (QED) is 0.791. The number of hydrogen-bond donors (Lipinski definition) is 1. The molecule has 0 bridgehead atoms. The van der Waals surface area contributed by atoms with E-state index in [9.17, 15) is 9.59 Å². The van der Waals surface area contributed by atoms with Gasteiger partial charge in [0, 0.05) is 31.5 Å². The molecule has 0 saturated heterocycles. The number of rotatable bonds is 4. The smallest absolute Gasteiger partial charge is 0.408 e. The molecule has 0 radical (unpaired) electrons. The van der Waals surface area contributed by atoms with E-state index < -0.39 is 0 Å². The van der Waals surface area contributed by atoms with Gasteiger partial charge in [0.1, 0.15) is 0 Å². The molecule has 1 N–H and O–H groups in total. The molecule has 120 valence electrons. The molecule has 0 aliphatic heterocycles. The average molecular weight is 334 g/mol. The summed E-state index contributed by atoms with van der Waals surface area (Å²) < 4.78 is 6.61. The number of halogens is 1. The second-order valence-electron chi connectivity index (χ2n) is 4.97. The monoisotopic (exact) mass is 333 g/mol. The SMILES string of the molecule is Cl.Cn1c(=O)oc2cc(CCNC(=O)c3ccncc3)ccc21. The first-order chi connectivity index (χ1) is 10.6. The summed E-state index contributed by atoms with van der Waals surface area (Å²) in [6.45, 7) is 0.504. The lowest BCUT2D eigenvalue weighted by molar-refractivity contribution is 0.0954. The van der Waals surface area contributed by atoms with Gasteiger partial charge in [0.15, 0.2) is 5.58 Å². The summed E-state index contributed by atoms with van der Waals surface area (Å²) in [4.78, 5) is 27.2. The Balaban J connectivity index is 0.00000192. The van der Waals surface area contributed by atoms with Crippen LogP contribution in [0.3, 0.4) is 0 Å². The minimum absolute atomic E-state index is 0. The third kappa shape index (κ3) is 3.60. The summed E-state index contributed by atoms with van der Waals surface area (Å²) in [6.07, 6.45) is 3.83. The molecule has 3 rings (SSSR count). The third-order valence-corrected chi connectivity index (χ3v) is 3.50. The minimum atomic E-state index is -0.377. The van der Waals surface area contributed by atoms with Crippen LogP contribution in [-0.2, 0) is 13.5 Å². The Hall–Kier alpha value is -2.60. The Morgan fingerprint density at radius 1 is 1.26 bits per heavy atom. The maximum absolute atomic E-state index is 11.9. The second-order valence-corrected chi connectivity index (χ2v) is 4.97. The molecular formula is C16H16ClN3O3. The fraction of sp³-hybridized carbons (Fsp3) is 0.188. The van der Waals surface area contributed by atoms with E-state index in [1.54, 1.807) is 31.6 Å². The summed E-state index contributed by atoms with van der Waals surface area (Å²) >= 11 is 0. The van der Waals surface area contributed by atoms with Crippen molar-refractivity contribution in [3.63, 3.8) is 0 Å². The topological polar surface area (TPSA) is 77.1 Å². The van der Waals surface area contributed by atoms with Crippen LogP contribution in [-0.4, -0.2) is 22.0 Å². The van der Waals surface area contributed by atoms with Crippen molar-refractivity contribution in [2.75, 3.05) is 6.54 Å². The van der Waals surface area contributed by atoms with Crippen molar-refractivity contribution >= 4 is 29.4 Å². The molecule has 6 nitrogen and oxygen atoms in total. The van der Waals surface area contributed by atoms with E-state index in [1.165, 1.54) is 4.57 Å². The maximum atomic E-state index is 11.9. The highest BCUT2D eigenvalue weighted by molar-refractivity contribution is 5.93. The zero-order chi connectivity index (χ0) is 15.5. The molecule has 3 aromatic rings. The van der Waals surface area contributed by atoms with Crippen molar-refractivity contribution in [2.24, 2.45) is 7.05 Å². The predicted molar refractivity (Wildman–Crippen MR) is 89.0 cm³/mol. The van der Waals surface area contributed by atoms with Gasteiger partial charge in [0.05, 0.1) is 5.52 Å². The Kier molecular flexibility index (Phi) is 5.18. The number of oxazole rings is 1. The molecule has 0 unspecified atom stereocenters. The minimum Gasteiger partial charge on any atom is -0.408 e. The number of nitrogens with one attached hydrogen (secondary N) is 1. The molecule has 0 spiro atoms. The van der Waals surface area contributed by atoms with Crippen LogP contribution in [0.1, 0.15) is 15.9 Å². The van der Waals surface area contributed by atoms with E-state index >= 15 is 0 Å². The zero-order valence-corrected chi connectivity index (χ0v) is 13.3. The van der Waals surface area contributed by atoms with Crippen molar-refractivity contribution in [1.29, 1.82) is 0 Å². The number of fused-ring (bicyclic) bond motifs is 1. The van der Waals surface area contributed by atoms with Crippen molar-refractivity contribution < 1.29 is 9.21 Å². The number of benzene rings is 1. The Labute approximate surface area is 138 Å². The van der Waals surface area contributed by atoms with Crippen molar-refractivity contribution in [2.45, 2.75) is 6.42 Å². The van der Waals surface area contributed by atoms with Gasteiger partial charge in [-0.05, 0) is 36.2 Å². The maximum Gasteiger partial charge on any atom is 0.419 e. The summed E-state index contributed by atoms with van der Waals surface area (Å²) in [6, 6.07) is 8.94. The van der Waals surface area contributed by atoms with Gasteiger partial charge in [-0.3, -0.25) is 14.3 Å². The van der Waals surface area contributed by atoms with Crippen molar-refractivity contribution in [3.8, 4) is 0 Å². The fourth-order valence-electron chi connectivity index (χ4n) is 2.26. The molecule has 7 heteroatoms. The lowest BCUT2D eigenvalue weighted by Crippen LogP contribution is -2.25. The van der Waals surface area contributed by atoms with Crippen molar-refractivity contribution in [1.82, 2.24) is 14.9 Å². The van der Waals surface area contributed by atoms with Gasteiger partial charge in [-0.25, -0.2) is 4.79 Å². The van der Waals surface area contributed by atoms with E-state index in [0.717, 1.165) is 11.1 Å². The Morgan fingerprint density at radius 2 is 2.00 bits per heavy atom. The van der Waals surface area contributed by atoms with E-state index in [-0.39, 0.29) is 24.1 Å². The van der Waals surface area contributed by atoms with Gasteiger partial charge in [0.2, 0.25) is 0 Å². The molecule has 2 aromatic heterocycles. The van der Waals surface area contributed by atoms with E-state index in [2.05, 4.69) is 10.3 Å². The molecule has 0 aliphatic rings. The zero-order valence-electron chi connectivity index (χ0n) is 12.5. The van der Waals surface area contributed by atoms with Crippen LogP contribution in [0, 0.1) is 0 Å².